The first-order valence-electron chi connectivity index (χ1n) is 7.50. The van der Waals surface area contributed by atoms with E-state index < -0.39 is 0 Å². The summed E-state index contributed by atoms with van der Waals surface area (Å²) in [5.41, 5.74) is 0.190. The summed E-state index contributed by atoms with van der Waals surface area (Å²) in [6.07, 6.45) is 9.66. The quantitative estimate of drug-likeness (QED) is 0.647. The molecule has 20 heavy (non-hydrogen) atoms. The van der Waals surface area contributed by atoms with Crippen LogP contribution >= 0.6 is 0 Å². The lowest BCUT2D eigenvalue weighted by molar-refractivity contribution is 0.0888. The third-order valence-corrected chi connectivity index (χ3v) is 4.62. The Balaban J connectivity index is 1.62. The molecular formula is C14H22N4O2. The molecule has 1 aliphatic heterocycles. The third kappa shape index (κ3) is 2.80. The first-order valence-corrected chi connectivity index (χ1v) is 7.50. The van der Waals surface area contributed by atoms with E-state index in [4.69, 9.17) is 0 Å². The van der Waals surface area contributed by atoms with Crippen molar-refractivity contribution in [1.29, 1.82) is 0 Å². The number of imidazole rings is 1. The molecule has 1 aliphatic carbocycles. The van der Waals surface area contributed by atoms with Crippen molar-refractivity contribution in [2.45, 2.75) is 56.5 Å². The van der Waals surface area contributed by atoms with E-state index in [0.29, 0.717) is 5.69 Å². The number of hydrogen-bond acceptors (Lipinski definition) is 3. The fourth-order valence-corrected chi connectivity index (χ4v) is 3.61. The predicted molar refractivity (Wildman–Crippen MR) is 75.7 cm³/mol. The van der Waals surface area contributed by atoms with Crippen molar-refractivity contribution >= 4 is 5.91 Å². The van der Waals surface area contributed by atoms with Crippen molar-refractivity contribution in [2.75, 3.05) is 6.54 Å². The molecule has 2 fully saturated rings. The van der Waals surface area contributed by atoms with E-state index in [1.807, 2.05) is 0 Å². The van der Waals surface area contributed by atoms with E-state index in [-0.39, 0.29) is 23.2 Å². The van der Waals surface area contributed by atoms with Crippen LogP contribution in [-0.2, 0) is 0 Å². The van der Waals surface area contributed by atoms with E-state index in [0.717, 1.165) is 19.4 Å². The van der Waals surface area contributed by atoms with Gasteiger partial charge in [-0.25, -0.2) is 4.79 Å². The molecule has 0 radical (unpaired) electrons. The zero-order valence-corrected chi connectivity index (χ0v) is 11.6. The highest BCUT2D eigenvalue weighted by molar-refractivity contribution is 5.92. The predicted octanol–water partition coefficient (Wildman–Crippen LogP) is 0.888. The largest absolute Gasteiger partial charge is 0.348 e. The Morgan fingerprint density at radius 2 is 2.10 bits per heavy atom. The molecule has 1 aromatic rings. The standard InChI is InChI=1S/C14H22N4O2/c19-12(11-9-15-13(20)18-11)17-10-4-7-16-14(8-10)5-2-1-3-6-14/h9-10,16H,1-8H2,(H,17,19)(H2,15,18,20). The van der Waals surface area contributed by atoms with E-state index in [2.05, 4.69) is 20.6 Å². The summed E-state index contributed by atoms with van der Waals surface area (Å²) in [6.45, 7) is 0.953. The Kier molecular flexibility index (Phi) is 3.65. The van der Waals surface area contributed by atoms with E-state index >= 15 is 0 Å². The number of amides is 1. The van der Waals surface area contributed by atoms with Crippen LogP contribution < -0.4 is 16.3 Å². The van der Waals surface area contributed by atoms with Crippen molar-refractivity contribution in [3.05, 3.63) is 22.4 Å². The zero-order valence-electron chi connectivity index (χ0n) is 11.6. The average molecular weight is 278 g/mol. The van der Waals surface area contributed by atoms with Crippen molar-refractivity contribution < 1.29 is 4.79 Å². The Morgan fingerprint density at radius 3 is 2.80 bits per heavy atom. The highest BCUT2D eigenvalue weighted by atomic mass is 16.2. The monoisotopic (exact) mass is 278 g/mol. The van der Waals surface area contributed by atoms with E-state index in [1.165, 1.54) is 38.3 Å². The molecule has 1 aromatic heterocycles. The topological polar surface area (TPSA) is 89.8 Å². The number of piperidine rings is 1. The van der Waals surface area contributed by atoms with Crippen molar-refractivity contribution in [3.63, 3.8) is 0 Å². The van der Waals surface area contributed by atoms with Crippen LogP contribution in [0.25, 0.3) is 0 Å². The van der Waals surface area contributed by atoms with Gasteiger partial charge in [0.05, 0.1) is 0 Å². The normalized spacial score (nSPS) is 25.5. The van der Waals surface area contributed by atoms with E-state index in [1.54, 1.807) is 0 Å². The van der Waals surface area contributed by atoms with Gasteiger partial charge in [-0.15, -0.1) is 0 Å². The molecule has 2 heterocycles. The number of nitrogens with one attached hydrogen (secondary N) is 4. The zero-order chi connectivity index (χ0) is 14.0. The molecule has 1 unspecified atom stereocenters. The second-order valence-electron chi connectivity index (χ2n) is 6.09. The maximum absolute atomic E-state index is 12.1. The van der Waals surface area contributed by atoms with Gasteiger partial charge in [-0.05, 0) is 32.2 Å². The Bertz CT molecular complexity index is 522. The molecule has 6 heteroatoms. The Hall–Kier alpha value is -1.56. The molecular weight excluding hydrogens is 256 g/mol. The lowest BCUT2D eigenvalue weighted by atomic mass is 9.75. The SMILES string of the molecule is O=C(NC1CCNC2(CCCCC2)C1)c1c[nH]c(=O)[nH]1. The number of carbonyl (C=O) groups excluding carboxylic acids is 1. The average Bonchev–Trinajstić information content (AvgIpc) is 2.86. The van der Waals surface area contributed by atoms with Gasteiger partial charge in [0.1, 0.15) is 5.69 Å². The number of carbonyl (C=O) groups is 1. The van der Waals surface area contributed by atoms with Crippen LogP contribution in [0, 0.1) is 0 Å². The van der Waals surface area contributed by atoms with Crippen LogP contribution in [-0.4, -0.2) is 34.0 Å². The summed E-state index contributed by atoms with van der Waals surface area (Å²) in [4.78, 5) is 28.1. The van der Waals surface area contributed by atoms with Crippen molar-refractivity contribution in [1.82, 2.24) is 20.6 Å². The summed E-state index contributed by atoms with van der Waals surface area (Å²) in [5, 5.41) is 6.72. The second kappa shape index (κ2) is 5.44. The highest BCUT2D eigenvalue weighted by Gasteiger charge is 2.37. The van der Waals surface area contributed by atoms with Gasteiger partial charge in [0.15, 0.2) is 0 Å². The summed E-state index contributed by atoms with van der Waals surface area (Å²) >= 11 is 0. The fourth-order valence-electron chi connectivity index (χ4n) is 3.61. The third-order valence-electron chi connectivity index (χ3n) is 4.62. The van der Waals surface area contributed by atoms with Crippen LogP contribution in [0.15, 0.2) is 11.0 Å². The smallest absolute Gasteiger partial charge is 0.323 e. The molecule has 6 nitrogen and oxygen atoms in total. The number of rotatable bonds is 2. The minimum Gasteiger partial charge on any atom is -0.348 e. The lowest BCUT2D eigenvalue weighted by Crippen LogP contribution is -2.57. The van der Waals surface area contributed by atoms with Crippen molar-refractivity contribution in [3.8, 4) is 0 Å². The maximum Gasteiger partial charge on any atom is 0.323 e. The molecule has 110 valence electrons. The van der Waals surface area contributed by atoms with Crippen LogP contribution in [0.5, 0.6) is 0 Å². The van der Waals surface area contributed by atoms with Gasteiger partial charge in [-0.3, -0.25) is 4.79 Å². The summed E-state index contributed by atoms with van der Waals surface area (Å²) in [6, 6.07) is 0.195. The van der Waals surface area contributed by atoms with Gasteiger partial charge in [0, 0.05) is 17.8 Å². The van der Waals surface area contributed by atoms with Crippen LogP contribution in [0.4, 0.5) is 0 Å². The van der Waals surface area contributed by atoms with Gasteiger partial charge in [-0.2, -0.15) is 0 Å². The summed E-state index contributed by atoms with van der Waals surface area (Å²) < 4.78 is 0. The second-order valence-corrected chi connectivity index (χ2v) is 6.09. The van der Waals surface area contributed by atoms with Crippen LogP contribution in [0.2, 0.25) is 0 Å². The first kappa shape index (κ1) is 13.4. The van der Waals surface area contributed by atoms with Gasteiger partial charge in [0.2, 0.25) is 0 Å². The van der Waals surface area contributed by atoms with Crippen molar-refractivity contribution in [2.24, 2.45) is 0 Å². The molecule has 0 aromatic carbocycles. The van der Waals surface area contributed by atoms with Crippen LogP contribution in [0.3, 0.4) is 0 Å². The number of aromatic nitrogens is 2. The van der Waals surface area contributed by atoms with Gasteiger partial charge in [0.25, 0.3) is 5.91 Å². The fraction of sp³-hybridized carbons (Fsp3) is 0.714. The molecule has 0 bridgehead atoms. The summed E-state index contributed by atoms with van der Waals surface area (Å²) in [7, 11) is 0. The molecule has 1 atom stereocenters. The number of H-pyrrole nitrogens is 2. The van der Waals surface area contributed by atoms with E-state index in [9.17, 15) is 9.59 Å². The molecule has 1 saturated carbocycles. The molecule has 2 aliphatic rings. The molecule has 1 saturated heterocycles. The molecule has 4 N–H and O–H groups in total. The molecule has 1 amide bonds. The van der Waals surface area contributed by atoms with Gasteiger partial charge >= 0.3 is 5.69 Å². The lowest BCUT2D eigenvalue weighted by Gasteiger charge is -2.44. The molecule has 3 rings (SSSR count). The van der Waals surface area contributed by atoms with Gasteiger partial charge < -0.3 is 20.6 Å². The number of hydrogen-bond donors (Lipinski definition) is 4. The molecule has 1 spiro atoms. The first-order chi connectivity index (χ1) is 9.67. The Morgan fingerprint density at radius 1 is 1.30 bits per heavy atom. The number of aromatic amines is 2. The Labute approximate surface area is 117 Å². The van der Waals surface area contributed by atoms with Gasteiger partial charge in [-0.1, -0.05) is 19.3 Å². The summed E-state index contributed by atoms with van der Waals surface area (Å²) in [5.74, 6) is -0.193. The maximum atomic E-state index is 12.1. The van der Waals surface area contributed by atoms with Crippen LogP contribution in [0.1, 0.15) is 55.4 Å². The highest BCUT2D eigenvalue weighted by Crippen LogP contribution is 2.34. The minimum absolute atomic E-state index is 0.193. The minimum atomic E-state index is -0.343.